The number of thiazole rings is 1. The van der Waals surface area contributed by atoms with E-state index in [1.54, 1.807) is 5.51 Å². The zero-order valence-corrected chi connectivity index (χ0v) is 10.8. The lowest BCUT2D eigenvalue weighted by Gasteiger charge is -2.41. The van der Waals surface area contributed by atoms with Crippen LogP contribution in [0.15, 0.2) is 5.51 Å². The highest BCUT2D eigenvalue weighted by Gasteiger charge is 2.50. The molecule has 2 aliphatic rings. The number of nitrogens with two attached hydrogens (primary N) is 1. The quantitative estimate of drug-likeness (QED) is 0.821. The predicted octanol–water partition coefficient (Wildman–Crippen LogP) is 1.40. The zero-order valence-electron chi connectivity index (χ0n) is 9.98. The van der Waals surface area contributed by atoms with Crippen molar-refractivity contribution >= 4 is 17.2 Å². The van der Waals surface area contributed by atoms with Crippen LogP contribution >= 0.6 is 11.3 Å². The topological polar surface area (TPSA) is 59.2 Å². The van der Waals surface area contributed by atoms with Crippen molar-refractivity contribution in [2.45, 2.75) is 32.2 Å². The third-order valence-electron chi connectivity index (χ3n) is 4.29. The smallest absolute Gasteiger partial charge is 0.273 e. The van der Waals surface area contributed by atoms with Crippen LogP contribution in [0.1, 0.15) is 34.6 Å². The van der Waals surface area contributed by atoms with Crippen molar-refractivity contribution in [3.8, 4) is 0 Å². The molecule has 1 aromatic heterocycles. The Bertz CT molecular complexity index is 452. The number of amides is 1. The average Bonchev–Trinajstić information content (AvgIpc) is 2.80. The highest BCUT2D eigenvalue weighted by molar-refractivity contribution is 7.09. The summed E-state index contributed by atoms with van der Waals surface area (Å²) in [5, 5.41) is 0. The number of carbonyl (C=O) groups is 1. The number of likely N-dealkylation sites (tertiary alicyclic amines) is 1. The van der Waals surface area contributed by atoms with Crippen molar-refractivity contribution in [2.24, 2.45) is 11.1 Å². The van der Waals surface area contributed by atoms with Gasteiger partial charge < -0.3 is 10.6 Å². The van der Waals surface area contributed by atoms with Crippen LogP contribution in [0.5, 0.6) is 0 Å². The zero-order chi connectivity index (χ0) is 12.0. The van der Waals surface area contributed by atoms with Gasteiger partial charge in [-0.15, -0.1) is 11.3 Å². The van der Waals surface area contributed by atoms with Gasteiger partial charge in [0.25, 0.3) is 5.91 Å². The molecule has 17 heavy (non-hydrogen) atoms. The first-order valence-corrected chi connectivity index (χ1v) is 6.95. The highest BCUT2D eigenvalue weighted by Crippen LogP contribution is 2.47. The molecular weight excluding hydrogens is 234 g/mol. The van der Waals surface area contributed by atoms with Gasteiger partial charge >= 0.3 is 0 Å². The molecule has 0 bridgehead atoms. The van der Waals surface area contributed by atoms with E-state index in [2.05, 4.69) is 4.98 Å². The Kier molecular flexibility index (Phi) is 2.48. The summed E-state index contributed by atoms with van der Waals surface area (Å²) in [6.07, 6.45) is 3.60. The number of nitrogens with zero attached hydrogens (tertiary/aromatic N) is 2. The van der Waals surface area contributed by atoms with E-state index in [1.165, 1.54) is 30.6 Å². The van der Waals surface area contributed by atoms with Crippen molar-refractivity contribution in [2.75, 3.05) is 13.1 Å². The van der Waals surface area contributed by atoms with Gasteiger partial charge in [0, 0.05) is 29.4 Å². The van der Waals surface area contributed by atoms with E-state index in [1.807, 2.05) is 11.8 Å². The van der Waals surface area contributed by atoms with Gasteiger partial charge in [-0.25, -0.2) is 4.98 Å². The van der Waals surface area contributed by atoms with E-state index < -0.39 is 0 Å². The summed E-state index contributed by atoms with van der Waals surface area (Å²) in [5.41, 5.74) is 8.75. The number of aryl methyl sites for hydroxylation is 1. The second kappa shape index (κ2) is 3.78. The third kappa shape index (κ3) is 1.60. The molecule has 1 aliphatic heterocycles. The molecule has 1 aromatic rings. The van der Waals surface area contributed by atoms with Crippen LogP contribution in [0.4, 0.5) is 0 Å². The maximum atomic E-state index is 12.3. The van der Waals surface area contributed by atoms with Gasteiger partial charge in [0.05, 0.1) is 5.51 Å². The van der Waals surface area contributed by atoms with Gasteiger partial charge in [0.1, 0.15) is 5.69 Å². The Balaban J connectivity index is 1.79. The fourth-order valence-corrected chi connectivity index (χ4v) is 3.54. The van der Waals surface area contributed by atoms with E-state index in [0.29, 0.717) is 12.2 Å². The number of carbonyl (C=O) groups excluding carboxylic acids is 1. The third-order valence-corrected chi connectivity index (χ3v) is 5.05. The Morgan fingerprint density at radius 1 is 1.65 bits per heavy atom. The second-order valence-electron chi connectivity index (χ2n) is 5.27. The lowest BCUT2D eigenvalue weighted by molar-refractivity contribution is 0.0721. The van der Waals surface area contributed by atoms with E-state index in [0.717, 1.165) is 11.4 Å². The highest BCUT2D eigenvalue weighted by atomic mass is 32.1. The number of hydrogen-bond acceptors (Lipinski definition) is 4. The summed E-state index contributed by atoms with van der Waals surface area (Å²) in [6.45, 7) is 3.46. The van der Waals surface area contributed by atoms with E-state index in [4.69, 9.17) is 5.73 Å². The van der Waals surface area contributed by atoms with Crippen LogP contribution in [-0.4, -0.2) is 34.9 Å². The molecule has 5 heteroatoms. The molecule has 1 aliphatic carbocycles. The van der Waals surface area contributed by atoms with Crippen LogP contribution in [0.3, 0.4) is 0 Å². The first kappa shape index (κ1) is 11.2. The maximum absolute atomic E-state index is 12.3. The number of rotatable bonds is 1. The fraction of sp³-hybridized carbons (Fsp3) is 0.667. The van der Waals surface area contributed by atoms with E-state index >= 15 is 0 Å². The molecule has 92 valence electrons. The van der Waals surface area contributed by atoms with Crippen molar-refractivity contribution in [3.63, 3.8) is 0 Å². The molecule has 2 N–H and O–H groups in total. The minimum atomic E-state index is 0.0583. The molecular formula is C12H17N3OS. The predicted molar refractivity (Wildman–Crippen MR) is 67.0 cm³/mol. The number of aromatic nitrogens is 1. The molecule has 0 aromatic carbocycles. The second-order valence-corrected chi connectivity index (χ2v) is 6.32. The first-order chi connectivity index (χ1) is 8.12. The molecule has 1 saturated heterocycles. The van der Waals surface area contributed by atoms with Gasteiger partial charge in [-0.3, -0.25) is 4.79 Å². The van der Waals surface area contributed by atoms with Crippen LogP contribution in [0.2, 0.25) is 0 Å². The van der Waals surface area contributed by atoms with Crippen molar-refractivity contribution < 1.29 is 4.79 Å². The SMILES string of the molecule is Cc1scnc1C(=O)N1CC(N)C2(CCC2)C1. The van der Waals surface area contributed by atoms with Crippen molar-refractivity contribution in [1.29, 1.82) is 0 Å². The van der Waals surface area contributed by atoms with Gasteiger partial charge in [-0.05, 0) is 19.8 Å². The molecule has 2 fully saturated rings. The molecule has 1 saturated carbocycles. The summed E-state index contributed by atoms with van der Waals surface area (Å²) in [4.78, 5) is 19.4. The van der Waals surface area contributed by atoms with Crippen molar-refractivity contribution in [1.82, 2.24) is 9.88 Å². The molecule has 1 unspecified atom stereocenters. The lowest BCUT2D eigenvalue weighted by Crippen LogP contribution is -2.45. The Hall–Kier alpha value is -0.940. The fourth-order valence-electron chi connectivity index (χ4n) is 2.97. The molecule has 4 nitrogen and oxygen atoms in total. The number of hydrogen-bond donors (Lipinski definition) is 1. The molecule has 3 rings (SSSR count). The Morgan fingerprint density at radius 2 is 2.41 bits per heavy atom. The van der Waals surface area contributed by atoms with Crippen LogP contribution in [0, 0.1) is 12.3 Å². The maximum Gasteiger partial charge on any atom is 0.273 e. The summed E-state index contributed by atoms with van der Waals surface area (Å²) in [5.74, 6) is 0.0583. The molecule has 2 heterocycles. The Labute approximate surface area is 105 Å². The summed E-state index contributed by atoms with van der Waals surface area (Å²) in [7, 11) is 0. The summed E-state index contributed by atoms with van der Waals surface area (Å²) < 4.78 is 0. The van der Waals surface area contributed by atoms with Gasteiger partial charge in [0.2, 0.25) is 0 Å². The summed E-state index contributed by atoms with van der Waals surface area (Å²) in [6, 6.07) is 0.152. The monoisotopic (exact) mass is 251 g/mol. The lowest BCUT2D eigenvalue weighted by atomic mass is 9.66. The molecule has 1 atom stereocenters. The van der Waals surface area contributed by atoms with Crippen LogP contribution in [0.25, 0.3) is 0 Å². The van der Waals surface area contributed by atoms with Gasteiger partial charge in [-0.2, -0.15) is 0 Å². The first-order valence-electron chi connectivity index (χ1n) is 6.07. The van der Waals surface area contributed by atoms with Gasteiger partial charge in [0.15, 0.2) is 0 Å². The molecule has 1 amide bonds. The Morgan fingerprint density at radius 3 is 2.88 bits per heavy atom. The van der Waals surface area contributed by atoms with Gasteiger partial charge in [-0.1, -0.05) is 6.42 Å². The van der Waals surface area contributed by atoms with E-state index in [-0.39, 0.29) is 17.4 Å². The minimum Gasteiger partial charge on any atom is -0.335 e. The van der Waals surface area contributed by atoms with Crippen LogP contribution in [-0.2, 0) is 0 Å². The molecule has 1 spiro atoms. The minimum absolute atomic E-state index is 0.0583. The standard InChI is InChI=1S/C12H17N3OS/c1-8-10(14-7-17-8)11(16)15-5-9(13)12(6-15)3-2-4-12/h7,9H,2-6,13H2,1H3. The van der Waals surface area contributed by atoms with Crippen LogP contribution < -0.4 is 5.73 Å². The van der Waals surface area contributed by atoms with E-state index in [9.17, 15) is 4.79 Å². The summed E-state index contributed by atoms with van der Waals surface area (Å²) >= 11 is 1.52. The largest absolute Gasteiger partial charge is 0.335 e. The van der Waals surface area contributed by atoms with Crippen molar-refractivity contribution in [3.05, 3.63) is 16.1 Å². The molecule has 0 radical (unpaired) electrons. The average molecular weight is 251 g/mol. The normalized spacial score (nSPS) is 26.2.